The summed E-state index contributed by atoms with van der Waals surface area (Å²) in [4.78, 5) is 22.9. The number of nitrogens with zero attached hydrogens (tertiary/aromatic N) is 3. The molecule has 0 aliphatic rings. The third kappa shape index (κ3) is 4.57. The maximum absolute atomic E-state index is 12.5. The number of hydrogen-bond acceptors (Lipinski definition) is 4. The van der Waals surface area contributed by atoms with Gasteiger partial charge in [-0.05, 0) is 54.5 Å². The van der Waals surface area contributed by atoms with Crippen LogP contribution in [-0.4, -0.2) is 15.4 Å². The van der Waals surface area contributed by atoms with E-state index in [1.807, 2.05) is 25.1 Å². The number of carbonyl (C=O) groups excluding carboxylic acids is 1. The number of aryl methyl sites for hydroxylation is 1. The Kier molecular flexibility index (Phi) is 5.85. The van der Waals surface area contributed by atoms with Crippen molar-refractivity contribution < 1.29 is 9.72 Å². The average molecular weight is 386 g/mol. The van der Waals surface area contributed by atoms with Gasteiger partial charge in [-0.2, -0.15) is 5.26 Å². The Morgan fingerprint density at radius 3 is 2.45 bits per heavy atom. The largest absolute Gasteiger partial charge is 0.321 e. The Morgan fingerprint density at radius 2 is 1.86 bits per heavy atom. The van der Waals surface area contributed by atoms with Gasteiger partial charge >= 0.3 is 0 Å². The number of nitriles is 1. The number of aromatic nitrogens is 1. The van der Waals surface area contributed by atoms with Crippen molar-refractivity contribution >= 4 is 23.4 Å². The summed E-state index contributed by atoms with van der Waals surface area (Å²) in [7, 11) is 0. The standard InChI is InChI=1S/C22H18N4O3/c1-2-16-5-7-18(8-6-16)24-22(27)17(15-23)14-21-4-3-13-25(21)19-9-11-20(12-10-19)26(28)29/h3-14H,2H2,1H3,(H,24,27)/b17-14+. The van der Waals surface area contributed by atoms with Gasteiger partial charge in [-0.3, -0.25) is 14.9 Å². The van der Waals surface area contributed by atoms with Crippen molar-refractivity contribution in [2.75, 3.05) is 5.32 Å². The summed E-state index contributed by atoms with van der Waals surface area (Å²) < 4.78 is 1.74. The number of anilines is 1. The lowest BCUT2D eigenvalue weighted by atomic mass is 10.1. The fraction of sp³-hybridized carbons (Fsp3) is 0.0909. The van der Waals surface area contributed by atoms with E-state index in [1.165, 1.54) is 18.2 Å². The molecule has 0 fully saturated rings. The highest BCUT2D eigenvalue weighted by Crippen LogP contribution is 2.19. The van der Waals surface area contributed by atoms with Gasteiger partial charge in [0.05, 0.1) is 4.92 Å². The molecule has 0 radical (unpaired) electrons. The highest BCUT2D eigenvalue weighted by atomic mass is 16.6. The van der Waals surface area contributed by atoms with Crippen LogP contribution < -0.4 is 5.32 Å². The second kappa shape index (κ2) is 8.67. The summed E-state index contributed by atoms with van der Waals surface area (Å²) in [6, 6.07) is 18.9. The van der Waals surface area contributed by atoms with Gasteiger partial charge < -0.3 is 9.88 Å². The Bertz CT molecular complexity index is 1100. The van der Waals surface area contributed by atoms with Crippen molar-refractivity contribution in [1.29, 1.82) is 5.26 Å². The molecular weight excluding hydrogens is 368 g/mol. The van der Waals surface area contributed by atoms with Gasteiger partial charge in [0.1, 0.15) is 11.6 Å². The molecule has 1 N–H and O–H groups in total. The predicted molar refractivity (Wildman–Crippen MR) is 110 cm³/mol. The molecule has 1 heterocycles. The maximum Gasteiger partial charge on any atom is 0.269 e. The number of benzene rings is 2. The zero-order chi connectivity index (χ0) is 20.8. The van der Waals surface area contributed by atoms with Crippen molar-refractivity contribution in [3.8, 4) is 11.8 Å². The molecule has 0 atom stereocenters. The number of nitrogens with one attached hydrogen (secondary N) is 1. The first-order chi connectivity index (χ1) is 14.0. The molecule has 29 heavy (non-hydrogen) atoms. The molecule has 1 aromatic heterocycles. The number of amides is 1. The first-order valence-corrected chi connectivity index (χ1v) is 8.96. The minimum atomic E-state index is -0.506. The van der Waals surface area contributed by atoms with Crippen LogP contribution in [0.25, 0.3) is 11.8 Å². The molecule has 0 unspecified atom stereocenters. The molecule has 0 aliphatic heterocycles. The molecule has 0 saturated heterocycles. The highest BCUT2D eigenvalue weighted by molar-refractivity contribution is 6.09. The van der Waals surface area contributed by atoms with E-state index in [0.717, 1.165) is 12.0 Å². The third-order valence-corrected chi connectivity index (χ3v) is 4.40. The molecule has 7 nitrogen and oxygen atoms in total. The lowest BCUT2D eigenvalue weighted by Gasteiger charge is -2.08. The van der Waals surface area contributed by atoms with E-state index in [1.54, 1.807) is 47.2 Å². The highest BCUT2D eigenvalue weighted by Gasteiger charge is 2.12. The van der Waals surface area contributed by atoms with Gasteiger partial charge in [0.25, 0.3) is 11.6 Å². The van der Waals surface area contributed by atoms with Crippen molar-refractivity contribution in [3.05, 3.63) is 93.8 Å². The molecule has 0 saturated carbocycles. The minimum absolute atomic E-state index is 0.0100. The molecule has 1 amide bonds. The number of rotatable bonds is 6. The SMILES string of the molecule is CCc1ccc(NC(=O)/C(C#N)=C/c2cccn2-c2ccc([N+](=O)[O-])cc2)cc1. The van der Waals surface area contributed by atoms with E-state index in [0.29, 0.717) is 17.1 Å². The van der Waals surface area contributed by atoms with Gasteiger partial charge in [0, 0.05) is 35.4 Å². The van der Waals surface area contributed by atoms with E-state index < -0.39 is 10.8 Å². The second-order valence-corrected chi connectivity index (χ2v) is 6.25. The normalized spacial score (nSPS) is 11.0. The van der Waals surface area contributed by atoms with Crippen molar-refractivity contribution in [2.45, 2.75) is 13.3 Å². The predicted octanol–water partition coefficient (Wildman–Crippen LogP) is 4.49. The number of non-ortho nitro benzene ring substituents is 1. The van der Waals surface area contributed by atoms with Crippen molar-refractivity contribution in [2.24, 2.45) is 0 Å². The van der Waals surface area contributed by atoms with Crippen LogP contribution in [0.4, 0.5) is 11.4 Å². The summed E-state index contributed by atoms with van der Waals surface area (Å²) in [6.45, 7) is 2.05. The molecule has 144 valence electrons. The van der Waals surface area contributed by atoms with Gasteiger partial charge in [-0.15, -0.1) is 0 Å². The first kappa shape index (κ1) is 19.6. The summed E-state index contributed by atoms with van der Waals surface area (Å²) in [6.07, 6.45) is 4.14. The Hall–Kier alpha value is -4.18. The smallest absolute Gasteiger partial charge is 0.269 e. The third-order valence-electron chi connectivity index (χ3n) is 4.40. The maximum atomic E-state index is 12.5. The summed E-state index contributed by atoms with van der Waals surface area (Å²) in [5, 5.41) is 23.0. The number of nitro benzene ring substituents is 1. The number of nitro groups is 1. The average Bonchev–Trinajstić information content (AvgIpc) is 3.20. The Morgan fingerprint density at radius 1 is 1.17 bits per heavy atom. The topological polar surface area (TPSA) is 101 Å². The quantitative estimate of drug-likeness (QED) is 0.292. The van der Waals surface area contributed by atoms with Crippen LogP contribution in [-0.2, 0) is 11.2 Å². The van der Waals surface area contributed by atoms with Crippen LogP contribution in [0.15, 0.2) is 72.4 Å². The lowest BCUT2D eigenvalue weighted by Crippen LogP contribution is -2.13. The van der Waals surface area contributed by atoms with E-state index in [-0.39, 0.29) is 11.3 Å². The Balaban J connectivity index is 1.84. The van der Waals surface area contributed by atoms with Crippen LogP contribution in [0.3, 0.4) is 0 Å². The summed E-state index contributed by atoms with van der Waals surface area (Å²) in [5.41, 5.74) is 2.99. The van der Waals surface area contributed by atoms with Crippen molar-refractivity contribution in [3.63, 3.8) is 0 Å². The zero-order valence-corrected chi connectivity index (χ0v) is 15.7. The van der Waals surface area contributed by atoms with Gasteiger partial charge in [-0.1, -0.05) is 19.1 Å². The monoisotopic (exact) mass is 386 g/mol. The molecule has 3 aromatic rings. The van der Waals surface area contributed by atoms with Crippen LogP contribution >= 0.6 is 0 Å². The van der Waals surface area contributed by atoms with E-state index >= 15 is 0 Å². The second-order valence-electron chi connectivity index (χ2n) is 6.25. The fourth-order valence-electron chi connectivity index (χ4n) is 2.80. The van der Waals surface area contributed by atoms with Crippen LogP contribution in [0.1, 0.15) is 18.2 Å². The summed E-state index contributed by atoms with van der Waals surface area (Å²) >= 11 is 0. The van der Waals surface area contributed by atoms with E-state index in [9.17, 15) is 20.2 Å². The lowest BCUT2D eigenvalue weighted by molar-refractivity contribution is -0.384. The molecular formula is C22H18N4O3. The van der Waals surface area contributed by atoms with Crippen LogP contribution in [0.2, 0.25) is 0 Å². The number of carbonyl (C=O) groups is 1. The Labute approximate surface area is 167 Å². The van der Waals surface area contributed by atoms with Crippen LogP contribution in [0, 0.1) is 21.4 Å². The minimum Gasteiger partial charge on any atom is -0.321 e. The fourth-order valence-corrected chi connectivity index (χ4v) is 2.80. The first-order valence-electron chi connectivity index (χ1n) is 8.96. The van der Waals surface area contributed by atoms with Crippen LogP contribution in [0.5, 0.6) is 0 Å². The van der Waals surface area contributed by atoms with Gasteiger partial charge in [-0.25, -0.2) is 0 Å². The van der Waals surface area contributed by atoms with Gasteiger partial charge in [0.2, 0.25) is 0 Å². The van der Waals surface area contributed by atoms with Gasteiger partial charge in [0.15, 0.2) is 0 Å². The molecule has 0 aliphatic carbocycles. The molecule has 2 aromatic carbocycles. The number of hydrogen-bond donors (Lipinski definition) is 1. The van der Waals surface area contributed by atoms with Crippen molar-refractivity contribution in [1.82, 2.24) is 4.57 Å². The molecule has 0 bridgehead atoms. The summed E-state index contributed by atoms with van der Waals surface area (Å²) in [5.74, 6) is -0.506. The molecule has 3 rings (SSSR count). The van der Waals surface area contributed by atoms with E-state index in [4.69, 9.17) is 0 Å². The molecule has 7 heteroatoms. The van der Waals surface area contributed by atoms with E-state index in [2.05, 4.69) is 5.32 Å². The zero-order valence-electron chi connectivity index (χ0n) is 15.7. The molecule has 0 spiro atoms.